The summed E-state index contributed by atoms with van der Waals surface area (Å²) in [6.45, 7) is 2.58. The van der Waals surface area contributed by atoms with Crippen LogP contribution in [0.2, 0.25) is 0 Å². The van der Waals surface area contributed by atoms with E-state index in [1.807, 2.05) is 49.4 Å². The molecule has 0 spiro atoms. The molecular formula is C17H21NO2S. The molecule has 3 nitrogen and oxygen atoms in total. The molecule has 2 N–H and O–H groups in total. The number of nitrogen functional groups attached to an aromatic ring is 1. The van der Waals surface area contributed by atoms with E-state index < -0.39 is 10.8 Å². The van der Waals surface area contributed by atoms with E-state index in [4.69, 9.17) is 10.5 Å². The van der Waals surface area contributed by atoms with Gasteiger partial charge in [0.05, 0.1) is 12.3 Å². The zero-order chi connectivity index (χ0) is 15.1. The van der Waals surface area contributed by atoms with Crippen molar-refractivity contribution in [3.05, 3.63) is 59.7 Å². The highest BCUT2D eigenvalue weighted by atomic mass is 32.2. The van der Waals surface area contributed by atoms with Gasteiger partial charge in [-0.2, -0.15) is 0 Å². The van der Waals surface area contributed by atoms with Gasteiger partial charge in [0.15, 0.2) is 0 Å². The smallest absolute Gasteiger partial charge is 0.142 e. The van der Waals surface area contributed by atoms with Crippen LogP contribution in [0, 0.1) is 6.92 Å². The Labute approximate surface area is 128 Å². The van der Waals surface area contributed by atoms with E-state index in [1.54, 1.807) is 0 Å². The molecule has 112 valence electrons. The third kappa shape index (κ3) is 5.23. The van der Waals surface area contributed by atoms with Crippen LogP contribution in [0.15, 0.2) is 48.5 Å². The predicted octanol–water partition coefficient (Wildman–Crippen LogP) is 3.30. The zero-order valence-corrected chi connectivity index (χ0v) is 13.1. The maximum absolute atomic E-state index is 12.0. The summed E-state index contributed by atoms with van der Waals surface area (Å²) in [5.41, 5.74) is 8.76. The van der Waals surface area contributed by atoms with E-state index in [0.29, 0.717) is 29.5 Å². The molecule has 2 rings (SSSR count). The third-order valence-corrected chi connectivity index (χ3v) is 4.50. The number of rotatable bonds is 7. The molecule has 0 fully saturated rings. The van der Waals surface area contributed by atoms with Gasteiger partial charge in [-0.15, -0.1) is 0 Å². The predicted molar refractivity (Wildman–Crippen MR) is 88.9 cm³/mol. The van der Waals surface area contributed by atoms with E-state index in [0.717, 1.165) is 12.0 Å². The molecule has 2 aromatic carbocycles. The van der Waals surface area contributed by atoms with Crippen LogP contribution < -0.4 is 10.5 Å². The van der Waals surface area contributed by atoms with Crippen molar-refractivity contribution in [2.75, 3.05) is 18.1 Å². The lowest BCUT2D eigenvalue weighted by Gasteiger charge is -2.08. The molecule has 0 bridgehead atoms. The zero-order valence-electron chi connectivity index (χ0n) is 12.2. The van der Waals surface area contributed by atoms with Crippen LogP contribution in [0.25, 0.3) is 0 Å². The van der Waals surface area contributed by atoms with Gasteiger partial charge in [-0.25, -0.2) is 0 Å². The van der Waals surface area contributed by atoms with Crippen LogP contribution in [0.1, 0.15) is 17.5 Å². The first kappa shape index (κ1) is 15.6. The number of para-hydroxylation sites is 2. The Bertz CT molecular complexity index is 613. The average molecular weight is 303 g/mol. The summed E-state index contributed by atoms with van der Waals surface area (Å²) in [4.78, 5) is 0. The largest absolute Gasteiger partial charge is 0.491 e. The number of benzene rings is 2. The van der Waals surface area contributed by atoms with Crippen LogP contribution >= 0.6 is 0 Å². The minimum atomic E-state index is -0.854. The maximum atomic E-state index is 12.0. The highest BCUT2D eigenvalue weighted by molar-refractivity contribution is 7.84. The van der Waals surface area contributed by atoms with Crippen molar-refractivity contribution in [2.45, 2.75) is 19.1 Å². The summed E-state index contributed by atoms with van der Waals surface area (Å²) in [6, 6.07) is 15.6. The monoisotopic (exact) mass is 303 g/mol. The van der Waals surface area contributed by atoms with Crippen molar-refractivity contribution in [1.82, 2.24) is 0 Å². The molecule has 0 aliphatic heterocycles. The Morgan fingerprint density at radius 2 is 1.95 bits per heavy atom. The fourth-order valence-corrected chi connectivity index (χ4v) is 3.21. The van der Waals surface area contributed by atoms with Gasteiger partial charge in [-0.1, -0.05) is 42.0 Å². The van der Waals surface area contributed by atoms with E-state index in [-0.39, 0.29) is 0 Å². The molecule has 0 amide bonds. The first-order valence-electron chi connectivity index (χ1n) is 7.03. The summed E-state index contributed by atoms with van der Waals surface area (Å²) in [5, 5.41) is 0. The number of nitrogens with two attached hydrogens (primary N) is 1. The fourth-order valence-electron chi connectivity index (χ4n) is 2.07. The van der Waals surface area contributed by atoms with Crippen LogP contribution in [0.4, 0.5) is 5.69 Å². The molecule has 21 heavy (non-hydrogen) atoms. The van der Waals surface area contributed by atoms with Gasteiger partial charge in [0.1, 0.15) is 5.75 Å². The molecular weight excluding hydrogens is 282 g/mol. The van der Waals surface area contributed by atoms with Crippen LogP contribution in [-0.4, -0.2) is 16.6 Å². The van der Waals surface area contributed by atoms with Gasteiger partial charge < -0.3 is 10.5 Å². The van der Waals surface area contributed by atoms with Crippen molar-refractivity contribution in [3.8, 4) is 5.75 Å². The lowest BCUT2D eigenvalue weighted by Crippen LogP contribution is -2.07. The SMILES string of the molecule is Cc1cccc(CS(=O)CCCOc2ccccc2N)c1. The normalized spacial score (nSPS) is 12.0. The first-order chi connectivity index (χ1) is 10.1. The molecule has 0 saturated heterocycles. The lowest BCUT2D eigenvalue weighted by molar-refractivity contribution is 0.320. The van der Waals surface area contributed by atoms with Crippen LogP contribution in [-0.2, 0) is 16.6 Å². The van der Waals surface area contributed by atoms with Crippen LogP contribution in [0.3, 0.4) is 0 Å². The van der Waals surface area contributed by atoms with Gasteiger partial charge in [0, 0.05) is 22.3 Å². The standard InChI is InChI=1S/C17H21NO2S/c1-14-6-4-7-15(12-14)13-21(19)11-5-10-20-17-9-3-2-8-16(17)18/h2-4,6-9,12H,5,10-11,13,18H2,1H3. The van der Waals surface area contributed by atoms with Crippen molar-refractivity contribution < 1.29 is 8.95 Å². The van der Waals surface area contributed by atoms with Crippen molar-refractivity contribution >= 4 is 16.5 Å². The summed E-state index contributed by atoms with van der Waals surface area (Å²) >= 11 is 0. The Kier molecular flexibility index (Phi) is 5.81. The maximum Gasteiger partial charge on any atom is 0.142 e. The second-order valence-electron chi connectivity index (χ2n) is 5.02. The average Bonchev–Trinajstić information content (AvgIpc) is 2.45. The number of anilines is 1. The summed E-state index contributed by atoms with van der Waals surface area (Å²) < 4.78 is 17.6. The number of ether oxygens (including phenoxy) is 1. The van der Waals surface area contributed by atoms with E-state index >= 15 is 0 Å². The Balaban J connectivity index is 1.71. The van der Waals surface area contributed by atoms with Gasteiger partial charge in [-0.3, -0.25) is 4.21 Å². The summed E-state index contributed by atoms with van der Waals surface area (Å²) in [5.74, 6) is 1.94. The minimum Gasteiger partial charge on any atom is -0.491 e. The molecule has 1 atom stereocenters. The van der Waals surface area contributed by atoms with Gasteiger partial charge in [-0.05, 0) is 31.0 Å². The van der Waals surface area contributed by atoms with Crippen LogP contribution in [0.5, 0.6) is 5.75 Å². The third-order valence-electron chi connectivity index (χ3n) is 3.10. The molecule has 0 saturated carbocycles. The van der Waals surface area contributed by atoms with E-state index in [1.165, 1.54) is 5.56 Å². The number of aryl methyl sites for hydroxylation is 1. The molecule has 0 heterocycles. The quantitative estimate of drug-likeness (QED) is 0.631. The van der Waals surface area contributed by atoms with E-state index in [2.05, 4.69) is 6.07 Å². The Hall–Kier alpha value is -1.81. The molecule has 1 unspecified atom stereocenters. The fraction of sp³-hybridized carbons (Fsp3) is 0.294. The highest BCUT2D eigenvalue weighted by Gasteiger charge is 2.03. The van der Waals surface area contributed by atoms with Crippen molar-refractivity contribution in [1.29, 1.82) is 0 Å². The molecule has 2 aromatic rings. The molecule has 4 heteroatoms. The Morgan fingerprint density at radius 3 is 2.71 bits per heavy atom. The number of hydrogen-bond donors (Lipinski definition) is 1. The molecule has 0 aliphatic rings. The van der Waals surface area contributed by atoms with Gasteiger partial charge in [0.25, 0.3) is 0 Å². The van der Waals surface area contributed by atoms with Gasteiger partial charge >= 0.3 is 0 Å². The highest BCUT2D eigenvalue weighted by Crippen LogP contribution is 2.19. The minimum absolute atomic E-state index is 0.535. The first-order valence-corrected chi connectivity index (χ1v) is 8.52. The van der Waals surface area contributed by atoms with Crippen molar-refractivity contribution in [2.24, 2.45) is 0 Å². The summed E-state index contributed by atoms with van der Waals surface area (Å²) in [7, 11) is -0.854. The molecule has 0 aromatic heterocycles. The second kappa shape index (κ2) is 7.84. The van der Waals surface area contributed by atoms with E-state index in [9.17, 15) is 4.21 Å². The van der Waals surface area contributed by atoms with Crippen molar-refractivity contribution in [3.63, 3.8) is 0 Å². The topological polar surface area (TPSA) is 52.3 Å². The summed E-state index contributed by atoms with van der Waals surface area (Å²) in [6.07, 6.45) is 0.757. The molecule has 0 radical (unpaired) electrons. The molecule has 0 aliphatic carbocycles. The second-order valence-corrected chi connectivity index (χ2v) is 6.59. The van der Waals surface area contributed by atoms with Gasteiger partial charge in [0.2, 0.25) is 0 Å². The lowest BCUT2D eigenvalue weighted by atomic mass is 10.2. The Morgan fingerprint density at radius 1 is 1.14 bits per heavy atom. The number of hydrogen-bond acceptors (Lipinski definition) is 3.